The Kier molecular flexibility index (Phi) is 4.56. The number of aromatic hydroxyl groups is 1. The van der Waals surface area contributed by atoms with Crippen LogP contribution in [0.25, 0.3) is 0 Å². The van der Waals surface area contributed by atoms with Crippen LogP contribution >= 0.6 is 0 Å². The highest BCUT2D eigenvalue weighted by Crippen LogP contribution is 2.26. The first-order valence-electron chi connectivity index (χ1n) is 7.07. The minimum Gasteiger partial charge on any atom is -0.506 e. The summed E-state index contributed by atoms with van der Waals surface area (Å²) in [6.07, 6.45) is 0. The number of phenols is 1. The summed E-state index contributed by atoms with van der Waals surface area (Å²) in [5, 5.41) is 10.7. The zero-order valence-corrected chi connectivity index (χ0v) is 12.8. The van der Waals surface area contributed by atoms with Gasteiger partial charge in [-0.2, -0.15) is 0 Å². The van der Waals surface area contributed by atoms with Crippen molar-refractivity contribution in [2.24, 2.45) is 5.41 Å². The molecule has 0 saturated carbocycles. The fourth-order valence-corrected chi connectivity index (χ4v) is 2.03. The lowest BCUT2D eigenvalue weighted by atomic mass is 9.94. The summed E-state index contributed by atoms with van der Waals surface area (Å²) in [6, 6.07) is 16.6. The Morgan fingerprint density at radius 2 is 1.68 bits per heavy atom. The number of phenolic OH excluding ortho intramolecular Hbond substituents is 1. The molecule has 1 saturated heterocycles. The number of hydrazine groups is 1. The lowest BCUT2D eigenvalue weighted by molar-refractivity contribution is -0.125. The molecule has 1 fully saturated rings. The molecule has 1 amide bonds. The molecule has 0 unspecified atom stereocenters. The molecule has 2 aromatic carbocycles. The minimum atomic E-state index is -0.296. The first-order chi connectivity index (χ1) is 10.4. The molecule has 1 aliphatic rings. The number of para-hydroxylation sites is 3. The third-order valence-electron chi connectivity index (χ3n) is 3.41. The molecule has 22 heavy (non-hydrogen) atoms. The van der Waals surface area contributed by atoms with Gasteiger partial charge < -0.3 is 10.8 Å². The molecule has 2 aromatic rings. The topological polar surface area (TPSA) is 78.6 Å². The largest absolute Gasteiger partial charge is 0.506 e. The van der Waals surface area contributed by atoms with E-state index in [1.165, 1.54) is 0 Å². The quantitative estimate of drug-likeness (QED) is 0.558. The van der Waals surface area contributed by atoms with E-state index in [0.717, 1.165) is 12.2 Å². The molecule has 1 heterocycles. The first kappa shape index (κ1) is 15.7. The van der Waals surface area contributed by atoms with Crippen molar-refractivity contribution in [2.45, 2.75) is 13.8 Å². The van der Waals surface area contributed by atoms with Gasteiger partial charge in [-0.05, 0) is 38.1 Å². The van der Waals surface area contributed by atoms with Gasteiger partial charge in [-0.15, -0.1) is 0 Å². The number of carbonyl (C=O) groups excluding carboxylic acids is 1. The molecule has 5 heteroatoms. The number of anilines is 2. The van der Waals surface area contributed by atoms with E-state index in [4.69, 9.17) is 10.8 Å². The molecule has 0 aromatic heterocycles. The zero-order valence-electron chi connectivity index (χ0n) is 12.8. The second-order valence-corrected chi connectivity index (χ2v) is 5.81. The summed E-state index contributed by atoms with van der Waals surface area (Å²) >= 11 is 0. The predicted molar refractivity (Wildman–Crippen MR) is 88.2 cm³/mol. The number of rotatable bonds is 1. The number of hydrogen-bond acceptors (Lipinski definition) is 4. The van der Waals surface area contributed by atoms with Crippen molar-refractivity contribution in [3.63, 3.8) is 0 Å². The van der Waals surface area contributed by atoms with Gasteiger partial charge in [0.2, 0.25) is 5.91 Å². The van der Waals surface area contributed by atoms with E-state index in [2.05, 4.69) is 5.43 Å². The Morgan fingerprint density at radius 3 is 2.14 bits per heavy atom. The van der Waals surface area contributed by atoms with Crippen molar-refractivity contribution in [3.8, 4) is 5.75 Å². The Balaban J connectivity index is 0.000000188. The fraction of sp³-hybridized carbons (Fsp3) is 0.235. The van der Waals surface area contributed by atoms with Crippen LogP contribution in [-0.2, 0) is 4.79 Å². The minimum absolute atomic E-state index is 0.0846. The average Bonchev–Trinajstić information content (AvgIpc) is 2.78. The Hall–Kier alpha value is -2.69. The van der Waals surface area contributed by atoms with E-state index in [9.17, 15) is 4.79 Å². The Labute approximate surface area is 130 Å². The Morgan fingerprint density at radius 1 is 1.09 bits per heavy atom. The number of nitrogens with zero attached hydrogens (tertiary/aromatic N) is 1. The third kappa shape index (κ3) is 3.69. The van der Waals surface area contributed by atoms with Gasteiger partial charge in [-0.1, -0.05) is 30.3 Å². The number of nitrogens with two attached hydrogens (primary N) is 1. The molecule has 0 spiro atoms. The summed E-state index contributed by atoms with van der Waals surface area (Å²) in [4.78, 5) is 11.5. The maximum atomic E-state index is 11.5. The predicted octanol–water partition coefficient (Wildman–Crippen LogP) is 2.54. The molecule has 3 rings (SSSR count). The number of hydrogen-bond donors (Lipinski definition) is 3. The molecule has 116 valence electrons. The number of carbonyl (C=O) groups is 1. The van der Waals surface area contributed by atoms with Crippen LogP contribution in [0.3, 0.4) is 0 Å². The van der Waals surface area contributed by atoms with E-state index in [-0.39, 0.29) is 17.1 Å². The smallest absolute Gasteiger partial charge is 0.246 e. The summed E-state index contributed by atoms with van der Waals surface area (Å²) in [7, 11) is 0. The number of amides is 1. The van der Waals surface area contributed by atoms with Crippen LogP contribution in [0, 0.1) is 5.41 Å². The maximum Gasteiger partial charge on any atom is 0.246 e. The molecule has 0 bridgehead atoms. The molecule has 0 atom stereocenters. The molecule has 0 radical (unpaired) electrons. The van der Waals surface area contributed by atoms with Crippen LogP contribution in [0.1, 0.15) is 13.8 Å². The van der Waals surface area contributed by atoms with Gasteiger partial charge in [-0.25, -0.2) is 0 Å². The standard InChI is InChI=1S/C11H14N2O.C6H7NO/c1-11(2)8-13(12-10(11)14)9-6-4-3-5-7-9;7-5-3-1-2-4-6(5)8/h3-7H,8H2,1-2H3,(H,12,14);1-4,8H,7H2. The SMILES string of the molecule is CC1(C)CN(c2ccccc2)NC1=O.Nc1ccccc1O. The third-order valence-corrected chi connectivity index (χ3v) is 3.41. The highest BCUT2D eigenvalue weighted by Gasteiger charge is 2.37. The van der Waals surface area contributed by atoms with Crippen LogP contribution in [0.15, 0.2) is 54.6 Å². The van der Waals surface area contributed by atoms with E-state index in [0.29, 0.717) is 5.69 Å². The van der Waals surface area contributed by atoms with Crippen LogP contribution in [0.5, 0.6) is 5.75 Å². The van der Waals surface area contributed by atoms with Crippen LogP contribution in [0.4, 0.5) is 11.4 Å². The maximum absolute atomic E-state index is 11.5. The lowest BCUT2D eigenvalue weighted by Crippen LogP contribution is -2.33. The first-order valence-corrected chi connectivity index (χ1v) is 7.07. The normalized spacial score (nSPS) is 15.7. The lowest BCUT2D eigenvalue weighted by Gasteiger charge is -2.18. The molecule has 0 aliphatic carbocycles. The average molecular weight is 299 g/mol. The second kappa shape index (κ2) is 6.39. The van der Waals surface area contributed by atoms with Crippen LogP contribution in [0.2, 0.25) is 0 Å². The van der Waals surface area contributed by atoms with Gasteiger partial charge in [0.05, 0.1) is 23.3 Å². The van der Waals surface area contributed by atoms with Crippen molar-refractivity contribution in [2.75, 3.05) is 17.3 Å². The number of nitrogens with one attached hydrogen (secondary N) is 1. The van der Waals surface area contributed by atoms with E-state index in [1.807, 2.05) is 49.2 Å². The highest BCUT2D eigenvalue weighted by atomic mass is 16.3. The van der Waals surface area contributed by atoms with Gasteiger partial charge in [0.25, 0.3) is 0 Å². The second-order valence-electron chi connectivity index (χ2n) is 5.81. The molecule has 1 aliphatic heterocycles. The van der Waals surface area contributed by atoms with Crippen molar-refractivity contribution < 1.29 is 9.90 Å². The van der Waals surface area contributed by atoms with Crippen LogP contribution < -0.4 is 16.2 Å². The van der Waals surface area contributed by atoms with Gasteiger partial charge in [0.15, 0.2) is 0 Å². The van der Waals surface area contributed by atoms with E-state index in [1.54, 1.807) is 24.3 Å². The van der Waals surface area contributed by atoms with Crippen LogP contribution in [-0.4, -0.2) is 17.6 Å². The molecular formula is C17H21N3O2. The van der Waals surface area contributed by atoms with Gasteiger partial charge in [0.1, 0.15) is 5.75 Å². The van der Waals surface area contributed by atoms with Gasteiger partial charge in [0, 0.05) is 0 Å². The molecule has 4 N–H and O–H groups in total. The Bertz CT molecular complexity index is 620. The molecule has 5 nitrogen and oxygen atoms in total. The summed E-state index contributed by atoms with van der Waals surface area (Å²) in [6.45, 7) is 4.62. The monoisotopic (exact) mass is 299 g/mol. The molecular weight excluding hydrogens is 278 g/mol. The summed E-state index contributed by atoms with van der Waals surface area (Å²) in [5.41, 5.74) is 9.29. The van der Waals surface area contributed by atoms with E-state index >= 15 is 0 Å². The number of nitrogen functional groups attached to an aromatic ring is 1. The fourth-order valence-electron chi connectivity index (χ4n) is 2.03. The van der Waals surface area contributed by atoms with E-state index < -0.39 is 0 Å². The van der Waals surface area contributed by atoms with Crippen molar-refractivity contribution in [1.29, 1.82) is 0 Å². The van der Waals surface area contributed by atoms with Crippen molar-refractivity contribution >= 4 is 17.3 Å². The highest BCUT2D eigenvalue weighted by molar-refractivity contribution is 5.87. The number of benzene rings is 2. The van der Waals surface area contributed by atoms with Crippen molar-refractivity contribution in [1.82, 2.24) is 5.43 Å². The van der Waals surface area contributed by atoms with Gasteiger partial charge >= 0.3 is 0 Å². The zero-order chi connectivity index (χ0) is 16.2. The summed E-state index contributed by atoms with van der Waals surface area (Å²) < 4.78 is 0. The summed E-state index contributed by atoms with van der Waals surface area (Å²) in [5.74, 6) is 0.230. The van der Waals surface area contributed by atoms with Gasteiger partial charge in [-0.3, -0.25) is 15.2 Å². The van der Waals surface area contributed by atoms with Crippen molar-refractivity contribution in [3.05, 3.63) is 54.6 Å².